The van der Waals surface area contributed by atoms with Gasteiger partial charge < -0.3 is 9.29 Å². The van der Waals surface area contributed by atoms with Crippen LogP contribution in [0.15, 0.2) is 72.8 Å². The molecule has 0 radical (unpaired) electrons. The van der Waals surface area contributed by atoms with Gasteiger partial charge in [0.25, 0.3) is 10.8 Å². The topological polar surface area (TPSA) is 105 Å². The molecule has 2 atom stereocenters. The summed E-state index contributed by atoms with van der Waals surface area (Å²) >= 11 is 1.83. The molecule has 7 rings (SSSR count). The van der Waals surface area contributed by atoms with E-state index in [9.17, 15) is 18.0 Å². The van der Waals surface area contributed by atoms with E-state index in [2.05, 4.69) is 102 Å². The molecule has 1 saturated carbocycles. The first-order valence-electron chi connectivity index (χ1n) is 14.5. The first-order chi connectivity index (χ1) is 21.1. The lowest BCUT2D eigenvalue weighted by molar-refractivity contribution is -0.478. The van der Waals surface area contributed by atoms with Crippen molar-refractivity contribution in [3.05, 3.63) is 78.5 Å². The molecule has 8 nitrogen and oxygen atoms in total. The molecule has 45 heavy (non-hydrogen) atoms. The minimum atomic E-state index is -6.09. The van der Waals surface area contributed by atoms with Crippen molar-refractivity contribution in [2.75, 3.05) is 5.32 Å². The van der Waals surface area contributed by atoms with Gasteiger partial charge in [-0.25, -0.2) is 13.0 Å². The SMILES string of the molecule is CC(C)(C)Nc1c2n(c3sc(-c4ccccc4)c(-c4ccccc4)[n+]13)[C@]13CCC[C@]1(C=CC(=O)C3)OC2.O=S(=O)([O-])C(F)(F)F. The van der Waals surface area contributed by atoms with Gasteiger partial charge in [0.1, 0.15) is 23.4 Å². The van der Waals surface area contributed by atoms with Crippen LogP contribution >= 0.6 is 11.3 Å². The molecule has 13 heteroatoms. The predicted molar refractivity (Wildman–Crippen MR) is 164 cm³/mol. The van der Waals surface area contributed by atoms with E-state index in [1.165, 1.54) is 21.7 Å². The summed E-state index contributed by atoms with van der Waals surface area (Å²) < 4.78 is 70.6. The van der Waals surface area contributed by atoms with Crippen LogP contribution in [0.3, 0.4) is 0 Å². The summed E-state index contributed by atoms with van der Waals surface area (Å²) in [6.07, 6.45) is 7.25. The summed E-state index contributed by atoms with van der Waals surface area (Å²) in [6.45, 7) is 7.11. The van der Waals surface area contributed by atoms with Gasteiger partial charge in [-0.2, -0.15) is 17.6 Å². The Morgan fingerprint density at radius 1 is 1.00 bits per heavy atom. The maximum Gasteiger partial charge on any atom is 0.485 e. The minimum Gasteiger partial charge on any atom is -0.741 e. The van der Waals surface area contributed by atoms with E-state index in [4.69, 9.17) is 17.7 Å². The molecule has 0 spiro atoms. The predicted octanol–water partition coefficient (Wildman–Crippen LogP) is 6.56. The molecule has 0 bridgehead atoms. The fourth-order valence-corrected chi connectivity index (χ4v) is 8.15. The third kappa shape index (κ3) is 5.29. The summed E-state index contributed by atoms with van der Waals surface area (Å²) in [5.41, 5.74) is -1.94. The van der Waals surface area contributed by atoms with Crippen LogP contribution in [0.4, 0.5) is 19.0 Å². The van der Waals surface area contributed by atoms with E-state index in [-0.39, 0.29) is 11.3 Å². The van der Waals surface area contributed by atoms with E-state index >= 15 is 0 Å². The fraction of sp³-hybridized carbons (Fsp3) is 0.375. The number of ketones is 1. The number of thiazole rings is 1. The van der Waals surface area contributed by atoms with Gasteiger partial charge in [-0.1, -0.05) is 72.0 Å². The van der Waals surface area contributed by atoms with Crippen molar-refractivity contribution < 1.29 is 40.1 Å². The number of benzene rings is 2. The van der Waals surface area contributed by atoms with Gasteiger partial charge in [0.2, 0.25) is 0 Å². The number of nitrogens with zero attached hydrogens (tertiary/aromatic N) is 2. The average molecular weight is 660 g/mol. The number of anilines is 1. The average Bonchev–Trinajstić information content (AvgIpc) is 3.62. The molecule has 3 aliphatic rings. The molecule has 2 aliphatic carbocycles. The first-order valence-corrected chi connectivity index (χ1v) is 16.7. The van der Waals surface area contributed by atoms with Gasteiger partial charge in [-0.05, 0) is 57.7 Å². The van der Waals surface area contributed by atoms with Crippen LogP contribution in [0.2, 0.25) is 0 Å². The number of carbonyl (C=O) groups excluding carboxylic acids is 1. The van der Waals surface area contributed by atoms with Crippen molar-refractivity contribution in [1.82, 2.24) is 4.57 Å². The number of hydrogen-bond acceptors (Lipinski definition) is 7. The van der Waals surface area contributed by atoms with E-state index in [0.29, 0.717) is 13.0 Å². The number of ether oxygens (including phenoxy) is 1. The Morgan fingerprint density at radius 3 is 2.18 bits per heavy atom. The Bertz CT molecular complexity index is 1910. The number of carbonyl (C=O) groups is 1. The van der Waals surface area contributed by atoms with E-state index in [1.54, 1.807) is 6.08 Å². The largest absolute Gasteiger partial charge is 0.741 e. The lowest BCUT2D eigenvalue weighted by atomic mass is 9.73. The van der Waals surface area contributed by atoms with E-state index in [0.717, 1.165) is 35.7 Å². The molecule has 238 valence electrons. The maximum absolute atomic E-state index is 13.0. The Morgan fingerprint density at radius 2 is 1.60 bits per heavy atom. The normalized spacial score (nSPS) is 22.8. The highest BCUT2D eigenvalue weighted by atomic mass is 32.2. The number of hydrogen-bond donors (Lipinski definition) is 1. The lowest BCUT2D eigenvalue weighted by Gasteiger charge is -2.47. The Kier molecular flexibility index (Phi) is 7.54. The van der Waals surface area contributed by atoms with Crippen LogP contribution in [0.1, 0.15) is 52.1 Å². The molecular formula is C32H32F3N3O5S2. The summed E-state index contributed by atoms with van der Waals surface area (Å²) in [5, 5.41) is 3.85. The number of aromatic nitrogens is 2. The molecule has 3 heterocycles. The van der Waals surface area contributed by atoms with Gasteiger partial charge in [-0.3, -0.25) is 10.1 Å². The Hall–Kier alpha value is -3.52. The highest BCUT2D eigenvalue weighted by Gasteiger charge is 2.65. The highest BCUT2D eigenvalue weighted by Crippen LogP contribution is 2.57. The minimum absolute atomic E-state index is 0.157. The molecule has 4 aromatic rings. The zero-order chi connectivity index (χ0) is 32.4. The number of rotatable bonds is 3. The van der Waals surface area contributed by atoms with Gasteiger partial charge in [0.15, 0.2) is 21.6 Å². The standard InChI is InChI=1S/C31H32N3O2S.CHF3O3S/c1-29(2,3)32-27-24-20-36-31-17-10-16-30(31,19-23(35)15-18-31)34(24)28-33(27)25(21-11-6-4-7-12-21)26(37-28)22-13-8-5-9-14-22;2-1(3,4)8(5,6)7/h4-9,11-15,18,32H,10,16-17,19-20H2,1-3H3;(H,5,6,7)/q+1;/p-1/t30-,31+;/m0./s1. The van der Waals surface area contributed by atoms with Crippen molar-refractivity contribution in [2.24, 2.45) is 0 Å². The van der Waals surface area contributed by atoms with Gasteiger partial charge in [0.05, 0.1) is 16.8 Å². The number of alkyl halides is 3. The zero-order valence-electron chi connectivity index (χ0n) is 24.8. The lowest BCUT2D eigenvalue weighted by Crippen LogP contribution is -2.58. The number of nitrogens with one attached hydrogen (secondary N) is 1. The number of halogens is 3. The van der Waals surface area contributed by atoms with E-state index < -0.39 is 26.8 Å². The van der Waals surface area contributed by atoms with Crippen molar-refractivity contribution >= 4 is 38.0 Å². The van der Waals surface area contributed by atoms with Crippen LogP contribution in [-0.2, 0) is 31.8 Å². The molecule has 0 amide bonds. The summed E-state index contributed by atoms with van der Waals surface area (Å²) in [6, 6.07) is 21.3. The Balaban J connectivity index is 0.000000397. The first kappa shape index (κ1) is 31.5. The van der Waals surface area contributed by atoms with Crippen molar-refractivity contribution in [3.8, 4) is 21.7 Å². The Labute approximate surface area is 262 Å². The second kappa shape index (κ2) is 10.8. The second-order valence-corrected chi connectivity index (χ2v) is 14.9. The maximum atomic E-state index is 13.0. The molecular weight excluding hydrogens is 627 g/mol. The third-order valence-electron chi connectivity index (χ3n) is 8.47. The second-order valence-electron chi connectivity index (χ2n) is 12.6. The quantitative estimate of drug-likeness (QED) is 0.152. The smallest absolute Gasteiger partial charge is 0.485 e. The van der Waals surface area contributed by atoms with E-state index in [1.807, 2.05) is 11.3 Å². The monoisotopic (exact) mass is 659 g/mol. The molecule has 2 aromatic carbocycles. The summed E-state index contributed by atoms with van der Waals surface area (Å²) in [7, 11) is -6.09. The van der Waals surface area contributed by atoms with Crippen molar-refractivity contribution in [2.45, 2.75) is 75.2 Å². The van der Waals surface area contributed by atoms with Crippen LogP contribution in [0.5, 0.6) is 0 Å². The van der Waals surface area contributed by atoms with Crippen LogP contribution in [0, 0.1) is 0 Å². The molecule has 2 aromatic heterocycles. The molecule has 0 unspecified atom stereocenters. The molecule has 1 aliphatic heterocycles. The zero-order valence-corrected chi connectivity index (χ0v) is 26.5. The summed E-state index contributed by atoms with van der Waals surface area (Å²) in [5.74, 6) is 1.26. The van der Waals surface area contributed by atoms with Crippen molar-refractivity contribution in [3.63, 3.8) is 0 Å². The van der Waals surface area contributed by atoms with Gasteiger partial charge >= 0.3 is 5.51 Å². The number of fused-ring (bicyclic) bond motifs is 3. The van der Waals surface area contributed by atoms with Crippen LogP contribution < -0.4 is 9.72 Å². The van der Waals surface area contributed by atoms with Gasteiger partial charge in [-0.15, -0.1) is 0 Å². The summed E-state index contributed by atoms with van der Waals surface area (Å²) in [4.78, 5) is 15.4. The fourth-order valence-electron chi connectivity index (χ4n) is 6.76. The third-order valence-corrected chi connectivity index (χ3v) is 10.2. The van der Waals surface area contributed by atoms with Crippen LogP contribution in [-0.4, -0.2) is 40.0 Å². The number of allylic oxidation sites excluding steroid dienone is 1. The van der Waals surface area contributed by atoms with Crippen LogP contribution in [0.25, 0.3) is 26.7 Å². The van der Waals surface area contributed by atoms with Crippen molar-refractivity contribution in [1.29, 1.82) is 0 Å². The molecule has 0 saturated heterocycles. The highest BCUT2D eigenvalue weighted by molar-refractivity contribution is 7.86. The van der Waals surface area contributed by atoms with Gasteiger partial charge in [0, 0.05) is 5.56 Å². The number of imidazole rings is 1. The molecule has 1 N–H and O–H groups in total. The molecule has 1 fully saturated rings.